The van der Waals surface area contributed by atoms with Crippen LogP contribution in [0.2, 0.25) is 0 Å². The standard InChI is InChI=1S/C21H28N2O2/c1-5-23(6-2)20(17-12-8-7-9-13-17)21(24)22(3)16-18-14-10-11-15-19(18)25-4/h7-15,20H,5-6,16H2,1-4H3. The molecule has 0 saturated heterocycles. The molecule has 0 heterocycles. The predicted octanol–water partition coefficient (Wildman–Crippen LogP) is 3.74. The molecular weight excluding hydrogens is 312 g/mol. The van der Waals surface area contributed by atoms with Crippen molar-refractivity contribution in [1.29, 1.82) is 0 Å². The minimum atomic E-state index is -0.268. The molecule has 1 atom stereocenters. The van der Waals surface area contributed by atoms with Crippen LogP contribution in [0.5, 0.6) is 5.75 Å². The topological polar surface area (TPSA) is 32.8 Å². The fraction of sp³-hybridized carbons (Fsp3) is 0.381. The van der Waals surface area contributed by atoms with Gasteiger partial charge in [-0.15, -0.1) is 0 Å². The van der Waals surface area contributed by atoms with E-state index in [0.717, 1.165) is 30.0 Å². The van der Waals surface area contributed by atoms with Crippen molar-refractivity contribution >= 4 is 5.91 Å². The zero-order chi connectivity index (χ0) is 18.2. The second kappa shape index (κ2) is 9.23. The van der Waals surface area contributed by atoms with Crippen LogP contribution in [0.1, 0.15) is 31.0 Å². The second-order valence-electron chi connectivity index (χ2n) is 6.04. The first-order valence-electron chi connectivity index (χ1n) is 8.78. The maximum atomic E-state index is 13.3. The molecule has 0 aliphatic carbocycles. The first-order valence-corrected chi connectivity index (χ1v) is 8.78. The van der Waals surface area contributed by atoms with Crippen LogP contribution in [-0.4, -0.2) is 43.0 Å². The highest BCUT2D eigenvalue weighted by Gasteiger charge is 2.28. The molecule has 1 unspecified atom stereocenters. The molecule has 0 bridgehead atoms. The van der Waals surface area contributed by atoms with Crippen molar-refractivity contribution in [3.8, 4) is 5.75 Å². The van der Waals surface area contributed by atoms with Crippen LogP contribution in [0.15, 0.2) is 54.6 Å². The largest absolute Gasteiger partial charge is 0.496 e. The van der Waals surface area contributed by atoms with E-state index in [4.69, 9.17) is 4.74 Å². The normalized spacial score (nSPS) is 12.0. The van der Waals surface area contributed by atoms with E-state index in [1.54, 1.807) is 12.0 Å². The Hall–Kier alpha value is -2.33. The van der Waals surface area contributed by atoms with Crippen molar-refractivity contribution in [2.45, 2.75) is 26.4 Å². The lowest BCUT2D eigenvalue weighted by Crippen LogP contribution is -2.41. The molecule has 2 rings (SSSR count). The number of para-hydroxylation sites is 1. The maximum absolute atomic E-state index is 13.3. The van der Waals surface area contributed by atoms with Crippen LogP contribution in [0.3, 0.4) is 0 Å². The Bertz CT molecular complexity index is 669. The molecule has 0 N–H and O–H groups in total. The Balaban J connectivity index is 2.26. The van der Waals surface area contributed by atoms with Gasteiger partial charge in [-0.1, -0.05) is 62.4 Å². The van der Waals surface area contributed by atoms with Crippen molar-refractivity contribution in [2.24, 2.45) is 0 Å². The fourth-order valence-corrected chi connectivity index (χ4v) is 3.11. The van der Waals surface area contributed by atoms with E-state index >= 15 is 0 Å². The fourth-order valence-electron chi connectivity index (χ4n) is 3.11. The Morgan fingerprint density at radius 2 is 1.60 bits per heavy atom. The first-order chi connectivity index (χ1) is 12.1. The summed E-state index contributed by atoms with van der Waals surface area (Å²) < 4.78 is 5.41. The van der Waals surface area contributed by atoms with Gasteiger partial charge in [-0.2, -0.15) is 0 Å². The molecule has 0 spiro atoms. The molecule has 0 fully saturated rings. The van der Waals surface area contributed by atoms with Gasteiger partial charge in [0.1, 0.15) is 11.8 Å². The first kappa shape index (κ1) is 19.0. The zero-order valence-electron chi connectivity index (χ0n) is 15.6. The molecule has 2 aromatic carbocycles. The number of carbonyl (C=O) groups excluding carboxylic acids is 1. The third kappa shape index (κ3) is 4.60. The van der Waals surface area contributed by atoms with Gasteiger partial charge in [-0.3, -0.25) is 9.69 Å². The summed E-state index contributed by atoms with van der Waals surface area (Å²) >= 11 is 0. The van der Waals surface area contributed by atoms with Crippen LogP contribution in [-0.2, 0) is 11.3 Å². The molecule has 0 aliphatic heterocycles. The lowest BCUT2D eigenvalue weighted by Gasteiger charge is -2.32. The summed E-state index contributed by atoms with van der Waals surface area (Å²) in [6, 6.07) is 17.6. The van der Waals surface area contributed by atoms with E-state index in [0.29, 0.717) is 6.54 Å². The van der Waals surface area contributed by atoms with Gasteiger partial charge in [0.2, 0.25) is 5.91 Å². The van der Waals surface area contributed by atoms with Crippen molar-refractivity contribution in [1.82, 2.24) is 9.80 Å². The van der Waals surface area contributed by atoms with E-state index in [-0.39, 0.29) is 11.9 Å². The Labute approximate surface area is 151 Å². The molecule has 4 nitrogen and oxygen atoms in total. The highest BCUT2D eigenvalue weighted by atomic mass is 16.5. The molecule has 1 amide bonds. The van der Waals surface area contributed by atoms with E-state index in [1.165, 1.54) is 0 Å². The number of hydrogen-bond acceptors (Lipinski definition) is 3. The monoisotopic (exact) mass is 340 g/mol. The second-order valence-corrected chi connectivity index (χ2v) is 6.04. The summed E-state index contributed by atoms with van der Waals surface area (Å²) in [6.45, 7) is 6.35. The maximum Gasteiger partial charge on any atom is 0.244 e. The summed E-state index contributed by atoms with van der Waals surface area (Å²) in [5.41, 5.74) is 2.04. The van der Waals surface area contributed by atoms with Gasteiger partial charge in [0, 0.05) is 19.2 Å². The van der Waals surface area contributed by atoms with Gasteiger partial charge in [-0.05, 0) is 24.7 Å². The van der Waals surface area contributed by atoms with Crippen LogP contribution in [0, 0.1) is 0 Å². The molecule has 2 aromatic rings. The molecule has 134 valence electrons. The third-order valence-corrected chi connectivity index (χ3v) is 4.50. The summed E-state index contributed by atoms with van der Waals surface area (Å²) in [7, 11) is 3.51. The molecular formula is C21H28N2O2. The number of nitrogens with zero attached hydrogens (tertiary/aromatic N) is 2. The SMILES string of the molecule is CCN(CC)C(C(=O)N(C)Cc1ccccc1OC)c1ccccc1. The molecule has 0 radical (unpaired) electrons. The molecule has 0 saturated carbocycles. The van der Waals surface area contributed by atoms with Gasteiger partial charge in [-0.25, -0.2) is 0 Å². The minimum Gasteiger partial charge on any atom is -0.496 e. The van der Waals surface area contributed by atoms with E-state index in [1.807, 2.05) is 61.6 Å². The number of carbonyl (C=O) groups is 1. The average molecular weight is 340 g/mol. The highest BCUT2D eigenvalue weighted by molar-refractivity contribution is 5.83. The predicted molar refractivity (Wildman–Crippen MR) is 102 cm³/mol. The Morgan fingerprint density at radius 3 is 2.20 bits per heavy atom. The van der Waals surface area contributed by atoms with Crippen LogP contribution < -0.4 is 4.74 Å². The quantitative estimate of drug-likeness (QED) is 0.734. The van der Waals surface area contributed by atoms with Gasteiger partial charge in [0.15, 0.2) is 0 Å². The molecule has 0 aliphatic rings. The molecule has 4 heteroatoms. The van der Waals surface area contributed by atoms with Crippen molar-refractivity contribution in [2.75, 3.05) is 27.2 Å². The highest BCUT2D eigenvalue weighted by Crippen LogP contribution is 2.25. The smallest absolute Gasteiger partial charge is 0.244 e. The number of amides is 1. The number of hydrogen-bond donors (Lipinski definition) is 0. The number of likely N-dealkylation sites (N-methyl/N-ethyl adjacent to an activating group) is 2. The van der Waals surface area contributed by atoms with Gasteiger partial charge in [0.25, 0.3) is 0 Å². The number of rotatable bonds is 8. The number of benzene rings is 2. The van der Waals surface area contributed by atoms with E-state index < -0.39 is 0 Å². The van der Waals surface area contributed by atoms with Crippen LogP contribution >= 0.6 is 0 Å². The lowest BCUT2D eigenvalue weighted by molar-refractivity contribution is -0.136. The number of ether oxygens (including phenoxy) is 1. The molecule has 0 aromatic heterocycles. The number of methoxy groups -OCH3 is 1. The van der Waals surface area contributed by atoms with Crippen LogP contribution in [0.25, 0.3) is 0 Å². The van der Waals surface area contributed by atoms with Crippen molar-refractivity contribution in [3.05, 3.63) is 65.7 Å². The summed E-state index contributed by atoms with van der Waals surface area (Å²) in [4.78, 5) is 17.2. The Kier molecular flexibility index (Phi) is 7.02. The summed E-state index contributed by atoms with van der Waals surface area (Å²) in [5, 5.41) is 0. The van der Waals surface area contributed by atoms with Crippen LogP contribution in [0.4, 0.5) is 0 Å². The van der Waals surface area contributed by atoms with Gasteiger partial charge < -0.3 is 9.64 Å². The van der Waals surface area contributed by atoms with Crippen molar-refractivity contribution in [3.63, 3.8) is 0 Å². The summed E-state index contributed by atoms with van der Waals surface area (Å²) in [5.74, 6) is 0.905. The minimum absolute atomic E-state index is 0.0980. The van der Waals surface area contributed by atoms with Crippen molar-refractivity contribution < 1.29 is 9.53 Å². The average Bonchev–Trinajstić information content (AvgIpc) is 2.66. The van der Waals surface area contributed by atoms with Gasteiger partial charge >= 0.3 is 0 Å². The Morgan fingerprint density at radius 1 is 1.00 bits per heavy atom. The molecule has 25 heavy (non-hydrogen) atoms. The zero-order valence-corrected chi connectivity index (χ0v) is 15.6. The van der Waals surface area contributed by atoms with E-state index in [2.05, 4.69) is 18.7 Å². The van der Waals surface area contributed by atoms with Gasteiger partial charge in [0.05, 0.1) is 7.11 Å². The summed E-state index contributed by atoms with van der Waals surface area (Å²) in [6.07, 6.45) is 0. The third-order valence-electron chi connectivity index (χ3n) is 4.50. The van der Waals surface area contributed by atoms with E-state index in [9.17, 15) is 4.79 Å². The lowest BCUT2D eigenvalue weighted by atomic mass is 10.0.